The summed E-state index contributed by atoms with van der Waals surface area (Å²) in [7, 11) is 0. The second-order valence-corrected chi connectivity index (χ2v) is 7.76. The van der Waals surface area contributed by atoms with Gasteiger partial charge in [0.05, 0.1) is 23.6 Å². The molecule has 0 aliphatic carbocycles. The van der Waals surface area contributed by atoms with Crippen LogP contribution >= 0.6 is 0 Å². The van der Waals surface area contributed by atoms with Gasteiger partial charge in [-0.15, -0.1) is 0 Å². The Morgan fingerprint density at radius 1 is 1.13 bits per heavy atom. The number of fused-ring (bicyclic) bond motifs is 1. The van der Waals surface area contributed by atoms with Crippen molar-refractivity contribution in [3.8, 4) is 11.8 Å². The predicted octanol–water partition coefficient (Wildman–Crippen LogP) is 3.06. The highest BCUT2D eigenvalue weighted by molar-refractivity contribution is 5.72. The highest BCUT2D eigenvalue weighted by atomic mass is 19.1. The molecule has 8 heteroatoms. The maximum Gasteiger partial charge on any atom is 0.337 e. The molecule has 0 radical (unpaired) electrons. The number of rotatable bonds is 5. The molecule has 4 rings (SSSR count). The van der Waals surface area contributed by atoms with Gasteiger partial charge in [0.1, 0.15) is 5.82 Å². The molecule has 0 saturated heterocycles. The number of imidazole rings is 1. The van der Waals surface area contributed by atoms with Crippen LogP contribution in [0.15, 0.2) is 64.4 Å². The topological polar surface area (TPSA) is 85.6 Å². The smallest absolute Gasteiger partial charge is 0.320 e. The van der Waals surface area contributed by atoms with Gasteiger partial charge in [0.15, 0.2) is 11.2 Å². The van der Waals surface area contributed by atoms with Crippen molar-refractivity contribution in [3.05, 3.63) is 92.6 Å². The first-order valence-electron chi connectivity index (χ1n) is 9.84. The van der Waals surface area contributed by atoms with E-state index in [1.165, 1.54) is 33.7 Å². The number of halogens is 1. The van der Waals surface area contributed by atoms with Gasteiger partial charge >= 0.3 is 5.69 Å². The van der Waals surface area contributed by atoms with Crippen LogP contribution in [0.1, 0.15) is 25.0 Å². The van der Waals surface area contributed by atoms with Crippen molar-refractivity contribution >= 4 is 11.2 Å². The first-order chi connectivity index (χ1) is 14.9. The van der Waals surface area contributed by atoms with E-state index in [0.717, 1.165) is 5.56 Å². The zero-order chi connectivity index (χ0) is 22.1. The fourth-order valence-electron chi connectivity index (χ4n) is 3.61. The van der Waals surface area contributed by atoms with Gasteiger partial charge in [0.25, 0.3) is 5.56 Å². The van der Waals surface area contributed by atoms with Crippen molar-refractivity contribution < 1.29 is 4.39 Å². The average Bonchev–Trinajstić information content (AvgIpc) is 3.14. The lowest BCUT2D eigenvalue weighted by molar-refractivity contribution is 0.488. The van der Waals surface area contributed by atoms with Crippen molar-refractivity contribution in [2.45, 2.75) is 26.9 Å². The molecule has 0 spiro atoms. The van der Waals surface area contributed by atoms with Gasteiger partial charge in [0.2, 0.25) is 0 Å². The molecule has 0 saturated carbocycles. The standard InChI is InChI=1S/C23H20FN5O2/c1-15(2)12-28-22(30)20-21(29(23(28)31)19-8-4-7-18(24)10-19)26-14-27(20)13-17-6-3-5-16(9-17)11-25/h3-10,14-15H,12-13H2,1-2H3. The molecule has 2 aromatic carbocycles. The Morgan fingerprint density at radius 2 is 1.90 bits per heavy atom. The lowest BCUT2D eigenvalue weighted by Gasteiger charge is -2.14. The molecule has 7 nitrogen and oxygen atoms in total. The van der Waals surface area contributed by atoms with Crippen LogP contribution in [0, 0.1) is 23.1 Å². The van der Waals surface area contributed by atoms with E-state index in [4.69, 9.17) is 5.26 Å². The number of aromatic nitrogens is 4. The van der Waals surface area contributed by atoms with Crippen LogP contribution in [0.25, 0.3) is 16.9 Å². The SMILES string of the molecule is CC(C)Cn1c(=O)c2c(ncn2Cc2cccc(C#N)c2)n(-c2cccc(F)c2)c1=O. The third-order valence-electron chi connectivity index (χ3n) is 4.92. The summed E-state index contributed by atoms with van der Waals surface area (Å²) in [5.41, 5.74) is 1.02. The molecule has 0 aliphatic heterocycles. The third kappa shape index (κ3) is 3.78. The van der Waals surface area contributed by atoms with Gasteiger partial charge in [0, 0.05) is 13.1 Å². The van der Waals surface area contributed by atoms with Gasteiger partial charge in [-0.05, 0) is 41.8 Å². The lowest BCUT2D eigenvalue weighted by atomic mass is 10.1. The van der Waals surface area contributed by atoms with Gasteiger partial charge in [-0.3, -0.25) is 9.36 Å². The first-order valence-corrected chi connectivity index (χ1v) is 9.84. The normalized spacial score (nSPS) is 11.2. The van der Waals surface area contributed by atoms with Gasteiger partial charge in [-0.25, -0.2) is 18.7 Å². The van der Waals surface area contributed by atoms with Gasteiger partial charge in [-0.2, -0.15) is 5.26 Å². The van der Waals surface area contributed by atoms with E-state index in [1.54, 1.807) is 28.8 Å². The largest absolute Gasteiger partial charge is 0.337 e. The highest BCUT2D eigenvalue weighted by Crippen LogP contribution is 2.16. The van der Waals surface area contributed by atoms with Crippen molar-refractivity contribution in [2.75, 3.05) is 0 Å². The molecule has 0 aliphatic rings. The van der Waals surface area contributed by atoms with Gasteiger partial charge in [-0.1, -0.05) is 32.0 Å². The molecule has 0 atom stereocenters. The summed E-state index contributed by atoms with van der Waals surface area (Å²) in [6.07, 6.45) is 1.49. The molecule has 0 bridgehead atoms. The highest BCUT2D eigenvalue weighted by Gasteiger charge is 2.20. The van der Waals surface area contributed by atoms with Crippen LogP contribution in [0.3, 0.4) is 0 Å². The molecular weight excluding hydrogens is 397 g/mol. The lowest BCUT2D eigenvalue weighted by Crippen LogP contribution is -2.41. The molecule has 2 heterocycles. The van der Waals surface area contributed by atoms with E-state index in [0.29, 0.717) is 17.8 Å². The maximum atomic E-state index is 13.9. The van der Waals surface area contributed by atoms with Crippen LogP contribution in [-0.4, -0.2) is 18.7 Å². The molecule has 0 unspecified atom stereocenters. The number of hydrogen-bond acceptors (Lipinski definition) is 4. The molecule has 0 N–H and O–H groups in total. The van der Waals surface area contributed by atoms with Crippen LogP contribution in [0.5, 0.6) is 0 Å². The van der Waals surface area contributed by atoms with E-state index in [2.05, 4.69) is 11.1 Å². The average molecular weight is 417 g/mol. The Balaban J connectivity index is 1.99. The maximum absolute atomic E-state index is 13.9. The molecule has 31 heavy (non-hydrogen) atoms. The van der Waals surface area contributed by atoms with Crippen molar-refractivity contribution in [2.24, 2.45) is 5.92 Å². The number of nitriles is 1. The zero-order valence-electron chi connectivity index (χ0n) is 17.1. The Labute approximate surface area is 177 Å². The molecular formula is C23H20FN5O2. The summed E-state index contributed by atoms with van der Waals surface area (Å²) >= 11 is 0. The Bertz CT molecular complexity index is 1440. The van der Waals surface area contributed by atoms with E-state index in [1.807, 2.05) is 19.9 Å². The second kappa shape index (κ2) is 8.03. The van der Waals surface area contributed by atoms with Crippen molar-refractivity contribution in [1.82, 2.24) is 18.7 Å². The second-order valence-electron chi connectivity index (χ2n) is 7.76. The monoisotopic (exact) mass is 417 g/mol. The summed E-state index contributed by atoms with van der Waals surface area (Å²) in [4.78, 5) is 30.8. The van der Waals surface area contributed by atoms with Crippen molar-refractivity contribution in [1.29, 1.82) is 5.26 Å². The summed E-state index contributed by atoms with van der Waals surface area (Å²) in [5.74, 6) is -0.445. The summed E-state index contributed by atoms with van der Waals surface area (Å²) in [6.45, 7) is 4.34. The van der Waals surface area contributed by atoms with Crippen LogP contribution < -0.4 is 11.2 Å². The Morgan fingerprint density at radius 3 is 2.61 bits per heavy atom. The zero-order valence-corrected chi connectivity index (χ0v) is 17.1. The minimum Gasteiger partial charge on any atom is -0.320 e. The van der Waals surface area contributed by atoms with E-state index < -0.39 is 17.1 Å². The van der Waals surface area contributed by atoms with Crippen LogP contribution in [-0.2, 0) is 13.1 Å². The summed E-state index contributed by atoms with van der Waals surface area (Å²) < 4.78 is 18.0. The molecule has 4 aromatic rings. The number of benzene rings is 2. The number of hydrogen-bond donors (Lipinski definition) is 0. The Kier molecular flexibility index (Phi) is 5.26. The molecule has 0 fully saturated rings. The van der Waals surface area contributed by atoms with E-state index in [-0.39, 0.29) is 23.6 Å². The molecule has 2 aromatic heterocycles. The third-order valence-corrected chi connectivity index (χ3v) is 4.92. The molecule has 156 valence electrons. The fraction of sp³-hybridized carbons (Fsp3) is 0.217. The number of nitrogens with zero attached hydrogens (tertiary/aromatic N) is 5. The van der Waals surface area contributed by atoms with E-state index >= 15 is 0 Å². The van der Waals surface area contributed by atoms with E-state index in [9.17, 15) is 14.0 Å². The van der Waals surface area contributed by atoms with Gasteiger partial charge < -0.3 is 4.57 Å². The Hall–Kier alpha value is -3.99. The van der Waals surface area contributed by atoms with Crippen molar-refractivity contribution in [3.63, 3.8) is 0 Å². The first kappa shape index (κ1) is 20.3. The summed E-state index contributed by atoms with van der Waals surface area (Å²) in [5, 5.41) is 9.15. The quantitative estimate of drug-likeness (QED) is 0.499. The fourth-order valence-corrected chi connectivity index (χ4v) is 3.61. The predicted molar refractivity (Wildman–Crippen MR) is 115 cm³/mol. The van der Waals surface area contributed by atoms with Crippen LogP contribution in [0.4, 0.5) is 4.39 Å². The van der Waals surface area contributed by atoms with Crippen LogP contribution in [0.2, 0.25) is 0 Å². The summed E-state index contributed by atoms with van der Waals surface area (Å²) in [6, 6.07) is 14.8. The minimum atomic E-state index is -0.562. The molecule has 0 amide bonds. The minimum absolute atomic E-state index is 0.0486.